The number of unbranched alkanes of at least 4 members (excludes halogenated alkanes) is 49. The predicted molar refractivity (Wildman–Crippen MR) is 330 cm³/mol. The van der Waals surface area contributed by atoms with Gasteiger partial charge in [0.15, 0.2) is 6.10 Å². The van der Waals surface area contributed by atoms with E-state index in [0.717, 1.165) is 77.0 Å². The second-order valence-electron chi connectivity index (χ2n) is 23.5. The molecule has 0 radical (unpaired) electrons. The molecular formula is C70H132O6. The normalized spacial score (nSPS) is 12.1. The predicted octanol–water partition coefficient (Wildman–Crippen LogP) is 23.4. The molecule has 448 valence electrons. The lowest BCUT2D eigenvalue weighted by molar-refractivity contribution is -0.167. The molecule has 76 heavy (non-hydrogen) atoms. The number of rotatable bonds is 64. The topological polar surface area (TPSA) is 78.9 Å². The number of esters is 3. The van der Waals surface area contributed by atoms with E-state index in [9.17, 15) is 14.4 Å². The zero-order chi connectivity index (χ0) is 55.0. The van der Waals surface area contributed by atoms with E-state index in [4.69, 9.17) is 14.2 Å². The zero-order valence-corrected chi connectivity index (χ0v) is 51.6. The van der Waals surface area contributed by atoms with Crippen molar-refractivity contribution in [1.29, 1.82) is 0 Å². The minimum Gasteiger partial charge on any atom is -0.462 e. The van der Waals surface area contributed by atoms with Crippen LogP contribution in [0.1, 0.15) is 387 Å². The van der Waals surface area contributed by atoms with Crippen molar-refractivity contribution in [2.24, 2.45) is 0 Å². The number of carbonyl (C=O) groups excluding carboxylic acids is 3. The minimum atomic E-state index is -0.774. The monoisotopic (exact) mass is 1070 g/mol. The van der Waals surface area contributed by atoms with Gasteiger partial charge in [-0.3, -0.25) is 14.4 Å². The van der Waals surface area contributed by atoms with E-state index in [1.54, 1.807) is 0 Å². The zero-order valence-electron chi connectivity index (χ0n) is 51.6. The Morgan fingerprint density at radius 3 is 0.763 bits per heavy atom. The molecule has 1 unspecified atom stereocenters. The number of hydrogen-bond acceptors (Lipinski definition) is 6. The lowest BCUT2D eigenvalue weighted by atomic mass is 10.0. The van der Waals surface area contributed by atoms with Crippen LogP contribution in [0.4, 0.5) is 0 Å². The van der Waals surface area contributed by atoms with Crippen molar-refractivity contribution in [2.45, 2.75) is 393 Å². The summed E-state index contributed by atoms with van der Waals surface area (Å²) in [5.41, 5.74) is 0. The summed E-state index contributed by atoms with van der Waals surface area (Å²) in [6.07, 6.45) is 79.2. The Bertz CT molecular complexity index is 1230. The first-order valence-electron chi connectivity index (χ1n) is 34.3. The maximum atomic E-state index is 12.9. The molecule has 6 nitrogen and oxygen atoms in total. The van der Waals surface area contributed by atoms with Crippen LogP contribution < -0.4 is 0 Å². The average Bonchev–Trinajstić information content (AvgIpc) is 3.42. The van der Waals surface area contributed by atoms with Crippen LogP contribution in [-0.2, 0) is 28.6 Å². The standard InChI is InChI=1S/C70H132O6/c1-4-7-10-13-16-19-22-25-28-30-32-34-35-36-37-39-40-42-45-48-51-54-57-60-63-69(72)75-66-67(65-74-68(71)62-59-56-53-50-47-44-27-24-21-18-15-12-9-6-3)76-70(73)64-61-58-55-52-49-46-43-41-38-33-31-29-26-23-20-17-14-11-8-5-2/h15,18,24,27,67H,4-14,16-17,19-23,25-26,28-66H2,1-3H3/b18-15-,27-24-. The van der Waals surface area contributed by atoms with Crippen molar-refractivity contribution >= 4 is 17.9 Å². The quantitative estimate of drug-likeness (QED) is 0.0261. The van der Waals surface area contributed by atoms with Gasteiger partial charge in [0.1, 0.15) is 13.2 Å². The van der Waals surface area contributed by atoms with E-state index < -0.39 is 6.10 Å². The molecule has 1 atom stereocenters. The summed E-state index contributed by atoms with van der Waals surface area (Å²) in [5.74, 6) is -0.852. The molecule has 6 heteroatoms. The molecule has 0 N–H and O–H groups in total. The van der Waals surface area contributed by atoms with E-state index in [1.807, 2.05) is 0 Å². The van der Waals surface area contributed by atoms with Crippen molar-refractivity contribution in [2.75, 3.05) is 13.2 Å². The maximum absolute atomic E-state index is 12.9. The molecular weight excluding hydrogens is 937 g/mol. The molecule has 0 amide bonds. The van der Waals surface area contributed by atoms with Crippen LogP contribution in [0, 0.1) is 0 Å². The fourth-order valence-corrected chi connectivity index (χ4v) is 10.5. The van der Waals surface area contributed by atoms with Gasteiger partial charge in [0.25, 0.3) is 0 Å². The van der Waals surface area contributed by atoms with E-state index >= 15 is 0 Å². The Labute approximate surface area is 474 Å². The second-order valence-corrected chi connectivity index (χ2v) is 23.5. The van der Waals surface area contributed by atoms with Crippen LogP contribution in [-0.4, -0.2) is 37.2 Å². The molecule has 0 aliphatic rings. The van der Waals surface area contributed by atoms with Gasteiger partial charge in [-0.15, -0.1) is 0 Å². The van der Waals surface area contributed by atoms with Crippen molar-refractivity contribution in [3.63, 3.8) is 0 Å². The highest BCUT2D eigenvalue weighted by atomic mass is 16.6. The van der Waals surface area contributed by atoms with Crippen LogP contribution in [0.3, 0.4) is 0 Å². The number of carbonyl (C=O) groups is 3. The van der Waals surface area contributed by atoms with Crippen LogP contribution in [0.15, 0.2) is 24.3 Å². The van der Waals surface area contributed by atoms with Gasteiger partial charge in [0.2, 0.25) is 0 Å². The molecule has 0 saturated heterocycles. The maximum Gasteiger partial charge on any atom is 0.306 e. The van der Waals surface area contributed by atoms with Crippen molar-refractivity contribution in [3.8, 4) is 0 Å². The fourth-order valence-electron chi connectivity index (χ4n) is 10.5. The van der Waals surface area contributed by atoms with Gasteiger partial charge in [0, 0.05) is 19.3 Å². The molecule has 0 aromatic rings. The van der Waals surface area contributed by atoms with Gasteiger partial charge < -0.3 is 14.2 Å². The largest absolute Gasteiger partial charge is 0.462 e. The summed E-state index contributed by atoms with van der Waals surface area (Å²) in [6.45, 7) is 6.67. The lowest BCUT2D eigenvalue weighted by Crippen LogP contribution is -2.30. The lowest BCUT2D eigenvalue weighted by Gasteiger charge is -2.18. The minimum absolute atomic E-state index is 0.0693. The Morgan fingerprint density at radius 2 is 0.487 bits per heavy atom. The molecule has 0 saturated carbocycles. The number of hydrogen-bond donors (Lipinski definition) is 0. The molecule has 0 aromatic heterocycles. The molecule has 0 aliphatic carbocycles. The van der Waals surface area contributed by atoms with Gasteiger partial charge in [0.05, 0.1) is 0 Å². The third-order valence-electron chi connectivity index (χ3n) is 15.7. The van der Waals surface area contributed by atoms with Crippen LogP contribution in [0.5, 0.6) is 0 Å². The van der Waals surface area contributed by atoms with Crippen LogP contribution >= 0.6 is 0 Å². The number of allylic oxidation sites excluding steroid dienone is 4. The molecule has 0 aromatic carbocycles. The van der Waals surface area contributed by atoms with E-state index in [1.165, 1.54) is 270 Å². The molecule has 0 heterocycles. The highest BCUT2D eigenvalue weighted by molar-refractivity contribution is 5.71. The first-order valence-corrected chi connectivity index (χ1v) is 34.3. The highest BCUT2D eigenvalue weighted by Gasteiger charge is 2.19. The molecule has 0 aliphatic heterocycles. The van der Waals surface area contributed by atoms with E-state index in [0.29, 0.717) is 19.3 Å². The van der Waals surface area contributed by atoms with Crippen LogP contribution in [0.25, 0.3) is 0 Å². The second kappa shape index (κ2) is 65.4. The molecule has 0 fully saturated rings. The summed E-state index contributed by atoms with van der Waals surface area (Å²) in [4.78, 5) is 38.4. The summed E-state index contributed by atoms with van der Waals surface area (Å²) >= 11 is 0. The van der Waals surface area contributed by atoms with Gasteiger partial charge in [-0.2, -0.15) is 0 Å². The summed E-state index contributed by atoms with van der Waals surface area (Å²) in [6, 6.07) is 0. The molecule has 0 spiro atoms. The van der Waals surface area contributed by atoms with Crippen molar-refractivity contribution in [3.05, 3.63) is 24.3 Å². The highest BCUT2D eigenvalue weighted by Crippen LogP contribution is 2.19. The fraction of sp³-hybridized carbons (Fsp3) is 0.900. The van der Waals surface area contributed by atoms with E-state index in [2.05, 4.69) is 45.1 Å². The average molecular weight is 1070 g/mol. The third kappa shape index (κ3) is 62.7. The third-order valence-corrected chi connectivity index (χ3v) is 15.7. The summed E-state index contributed by atoms with van der Waals surface area (Å²) in [7, 11) is 0. The van der Waals surface area contributed by atoms with Gasteiger partial charge in [-0.1, -0.05) is 347 Å². The molecule has 0 bridgehead atoms. The SMILES string of the molecule is CCCC/C=C\C/C=C\CCCCCCCC(=O)OCC(COC(=O)CCCCCCCCCCCCCCCCCCCCCCCCCC)OC(=O)CCCCCCCCCCCCCCCCCCCCCC. The van der Waals surface area contributed by atoms with Gasteiger partial charge >= 0.3 is 17.9 Å². The van der Waals surface area contributed by atoms with Gasteiger partial charge in [-0.25, -0.2) is 0 Å². The first kappa shape index (κ1) is 73.9. The Balaban J connectivity index is 4.24. The Kier molecular flexibility index (Phi) is 63.6. The smallest absolute Gasteiger partial charge is 0.306 e. The Morgan fingerprint density at radius 1 is 0.263 bits per heavy atom. The van der Waals surface area contributed by atoms with Gasteiger partial charge in [-0.05, 0) is 44.9 Å². The number of ether oxygens (including phenoxy) is 3. The Hall–Kier alpha value is -2.11. The first-order chi connectivity index (χ1) is 37.5. The molecule has 0 rings (SSSR count). The van der Waals surface area contributed by atoms with E-state index in [-0.39, 0.29) is 31.1 Å². The van der Waals surface area contributed by atoms with Crippen molar-refractivity contribution in [1.82, 2.24) is 0 Å². The summed E-state index contributed by atoms with van der Waals surface area (Å²) < 4.78 is 17.0. The summed E-state index contributed by atoms with van der Waals surface area (Å²) in [5, 5.41) is 0. The van der Waals surface area contributed by atoms with Crippen molar-refractivity contribution < 1.29 is 28.6 Å². The van der Waals surface area contributed by atoms with Crippen LogP contribution in [0.2, 0.25) is 0 Å².